The van der Waals surface area contributed by atoms with E-state index < -0.39 is 0 Å². The minimum Gasteiger partial charge on any atom is -0.497 e. The lowest BCUT2D eigenvalue weighted by Crippen LogP contribution is -2.12. The van der Waals surface area contributed by atoms with Gasteiger partial charge < -0.3 is 14.5 Å². The normalized spacial score (nSPS) is 11.4. The molecule has 0 saturated carbocycles. The average Bonchev–Trinajstić information content (AvgIpc) is 3.29. The van der Waals surface area contributed by atoms with Gasteiger partial charge in [-0.25, -0.2) is 9.67 Å². The van der Waals surface area contributed by atoms with Gasteiger partial charge in [-0.2, -0.15) is 5.10 Å². The molecule has 0 unspecified atom stereocenters. The van der Waals surface area contributed by atoms with E-state index in [9.17, 15) is 4.79 Å². The van der Waals surface area contributed by atoms with Crippen LogP contribution in [0.4, 0.5) is 5.82 Å². The summed E-state index contributed by atoms with van der Waals surface area (Å²) < 4.78 is 12.3. The fraction of sp³-hybridized carbons (Fsp3) is 0.250. The highest BCUT2D eigenvalue weighted by Crippen LogP contribution is 2.28. The standard InChI is InChI=1S/C20H20N4O3/c1-12(2)11-24-19-15(9-13-6-7-14(26-3)10-16(13)21-19)18(23-24)22-20(25)17-5-4-8-27-17/h4-10,12H,11H2,1-3H3,(H,22,23,25). The number of methoxy groups -OCH3 is 1. The molecule has 0 aliphatic carbocycles. The summed E-state index contributed by atoms with van der Waals surface area (Å²) in [6.07, 6.45) is 1.47. The van der Waals surface area contributed by atoms with Crippen LogP contribution >= 0.6 is 0 Å². The molecule has 7 nitrogen and oxygen atoms in total. The molecule has 3 heterocycles. The van der Waals surface area contributed by atoms with Crippen LogP contribution in [-0.4, -0.2) is 27.8 Å². The van der Waals surface area contributed by atoms with Crippen molar-refractivity contribution in [2.24, 2.45) is 5.92 Å². The predicted molar refractivity (Wildman–Crippen MR) is 103 cm³/mol. The van der Waals surface area contributed by atoms with Gasteiger partial charge >= 0.3 is 0 Å². The van der Waals surface area contributed by atoms with Crippen LogP contribution in [0, 0.1) is 5.92 Å². The van der Waals surface area contributed by atoms with E-state index in [0.717, 1.165) is 27.7 Å². The quantitative estimate of drug-likeness (QED) is 0.577. The van der Waals surface area contributed by atoms with Crippen molar-refractivity contribution in [2.75, 3.05) is 12.4 Å². The van der Waals surface area contributed by atoms with Crippen LogP contribution < -0.4 is 10.1 Å². The lowest BCUT2D eigenvalue weighted by atomic mass is 10.1. The van der Waals surface area contributed by atoms with Gasteiger partial charge in [-0.1, -0.05) is 13.8 Å². The zero-order valence-electron chi connectivity index (χ0n) is 15.4. The fourth-order valence-electron chi connectivity index (χ4n) is 3.00. The topological polar surface area (TPSA) is 82.2 Å². The molecular formula is C20H20N4O3. The highest BCUT2D eigenvalue weighted by molar-refractivity contribution is 6.07. The number of carbonyl (C=O) groups is 1. The van der Waals surface area contributed by atoms with Crippen molar-refractivity contribution in [1.82, 2.24) is 14.8 Å². The van der Waals surface area contributed by atoms with Gasteiger partial charge in [0.25, 0.3) is 5.91 Å². The molecule has 1 amide bonds. The first-order chi connectivity index (χ1) is 13.0. The Balaban J connectivity index is 1.84. The summed E-state index contributed by atoms with van der Waals surface area (Å²) in [6, 6.07) is 11.0. The van der Waals surface area contributed by atoms with E-state index in [1.165, 1.54) is 6.26 Å². The monoisotopic (exact) mass is 364 g/mol. The number of furan rings is 1. The third-order valence-corrected chi connectivity index (χ3v) is 4.24. The summed E-state index contributed by atoms with van der Waals surface area (Å²) in [7, 11) is 1.63. The highest BCUT2D eigenvalue weighted by atomic mass is 16.5. The number of hydrogen-bond donors (Lipinski definition) is 1. The van der Waals surface area contributed by atoms with Gasteiger partial charge in [0.1, 0.15) is 5.75 Å². The number of hydrogen-bond acceptors (Lipinski definition) is 5. The van der Waals surface area contributed by atoms with Crippen molar-refractivity contribution >= 4 is 33.7 Å². The maximum absolute atomic E-state index is 12.4. The number of aromatic nitrogens is 3. The van der Waals surface area contributed by atoms with Crippen LogP contribution in [0.3, 0.4) is 0 Å². The molecule has 138 valence electrons. The Bertz CT molecular complexity index is 1110. The molecule has 0 saturated heterocycles. The van der Waals surface area contributed by atoms with Crippen LogP contribution in [0.25, 0.3) is 21.9 Å². The van der Waals surface area contributed by atoms with Gasteiger partial charge in [-0.05, 0) is 36.2 Å². The molecule has 1 N–H and O–H groups in total. The Morgan fingerprint density at radius 3 is 2.85 bits per heavy atom. The van der Waals surface area contributed by atoms with Gasteiger partial charge in [0.2, 0.25) is 0 Å². The number of nitrogens with zero attached hydrogens (tertiary/aromatic N) is 3. The molecule has 0 spiro atoms. The number of pyridine rings is 1. The number of anilines is 1. The van der Waals surface area contributed by atoms with Crippen molar-refractivity contribution in [2.45, 2.75) is 20.4 Å². The maximum atomic E-state index is 12.4. The number of nitrogens with one attached hydrogen (secondary N) is 1. The Kier molecular flexibility index (Phi) is 4.27. The second-order valence-electron chi connectivity index (χ2n) is 6.77. The van der Waals surface area contributed by atoms with E-state index in [1.807, 2.05) is 28.9 Å². The molecule has 0 aliphatic heterocycles. The summed E-state index contributed by atoms with van der Waals surface area (Å²) in [5, 5.41) is 9.16. The molecule has 4 aromatic rings. The van der Waals surface area contributed by atoms with Crippen molar-refractivity contribution in [3.05, 3.63) is 48.4 Å². The summed E-state index contributed by atoms with van der Waals surface area (Å²) in [5.41, 5.74) is 1.54. The lowest BCUT2D eigenvalue weighted by Gasteiger charge is -2.06. The van der Waals surface area contributed by atoms with Crippen LogP contribution in [0.15, 0.2) is 47.1 Å². The molecule has 27 heavy (non-hydrogen) atoms. The first-order valence-corrected chi connectivity index (χ1v) is 8.75. The Hall–Kier alpha value is -3.35. The summed E-state index contributed by atoms with van der Waals surface area (Å²) in [6.45, 7) is 4.91. The number of benzene rings is 1. The number of amides is 1. The fourth-order valence-corrected chi connectivity index (χ4v) is 3.00. The molecule has 0 atom stereocenters. The number of carbonyl (C=O) groups excluding carboxylic acids is 1. The van der Waals surface area contributed by atoms with Crippen molar-refractivity contribution in [3.63, 3.8) is 0 Å². The molecule has 4 rings (SSSR count). The van der Waals surface area contributed by atoms with Gasteiger partial charge in [0.05, 0.1) is 24.3 Å². The van der Waals surface area contributed by atoms with Crippen LogP contribution in [0.2, 0.25) is 0 Å². The second-order valence-corrected chi connectivity index (χ2v) is 6.77. The SMILES string of the molecule is COc1ccc2cc3c(NC(=O)c4ccco4)nn(CC(C)C)c3nc2c1. The van der Waals surface area contributed by atoms with E-state index >= 15 is 0 Å². The average molecular weight is 364 g/mol. The minimum atomic E-state index is -0.342. The zero-order valence-corrected chi connectivity index (χ0v) is 15.4. The van der Waals surface area contributed by atoms with Crippen LogP contribution in [0.5, 0.6) is 5.75 Å². The molecule has 3 aromatic heterocycles. The van der Waals surface area contributed by atoms with Crippen LogP contribution in [0.1, 0.15) is 24.4 Å². The largest absolute Gasteiger partial charge is 0.497 e. The first kappa shape index (κ1) is 17.1. The molecule has 7 heteroatoms. The van der Waals surface area contributed by atoms with E-state index in [0.29, 0.717) is 18.3 Å². The van der Waals surface area contributed by atoms with E-state index in [2.05, 4.69) is 24.3 Å². The zero-order chi connectivity index (χ0) is 19.0. The molecular weight excluding hydrogens is 344 g/mol. The molecule has 0 aliphatic rings. The number of fused-ring (bicyclic) bond motifs is 2. The predicted octanol–water partition coefficient (Wildman–Crippen LogP) is 4.09. The summed E-state index contributed by atoms with van der Waals surface area (Å²) in [4.78, 5) is 17.2. The first-order valence-electron chi connectivity index (χ1n) is 8.75. The smallest absolute Gasteiger partial charge is 0.292 e. The molecule has 0 fully saturated rings. The lowest BCUT2D eigenvalue weighted by molar-refractivity contribution is 0.0996. The number of ether oxygens (including phenoxy) is 1. The van der Waals surface area contributed by atoms with Gasteiger partial charge in [0, 0.05) is 18.0 Å². The van der Waals surface area contributed by atoms with Crippen molar-refractivity contribution in [3.8, 4) is 5.75 Å². The van der Waals surface area contributed by atoms with Gasteiger partial charge in [0.15, 0.2) is 17.2 Å². The maximum Gasteiger partial charge on any atom is 0.292 e. The van der Waals surface area contributed by atoms with Gasteiger partial charge in [-0.15, -0.1) is 0 Å². The van der Waals surface area contributed by atoms with E-state index in [-0.39, 0.29) is 11.7 Å². The van der Waals surface area contributed by atoms with E-state index in [4.69, 9.17) is 14.1 Å². The van der Waals surface area contributed by atoms with Crippen molar-refractivity contribution in [1.29, 1.82) is 0 Å². The van der Waals surface area contributed by atoms with Gasteiger partial charge in [-0.3, -0.25) is 4.79 Å². The highest BCUT2D eigenvalue weighted by Gasteiger charge is 2.18. The number of rotatable bonds is 5. The van der Waals surface area contributed by atoms with E-state index in [1.54, 1.807) is 19.2 Å². The second kappa shape index (κ2) is 6.75. The summed E-state index contributed by atoms with van der Waals surface area (Å²) >= 11 is 0. The third-order valence-electron chi connectivity index (χ3n) is 4.24. The Labute approximate surface area is 155 Å². The Morgan fingerprint density at radius 2 is 2.15 bits per heavy atom. The third kappa shape index (κ3) is 3.23. The van der Waals surface area contributed by atoms with Crippen LogP contribution in [-0.2, 0) is 6.54 Å². The van der Waals surface area contributed by atoms with Crippen molar-refractivity contribution < 1.29 is 13.9 Å². The molecule has 0 bridgehead atoms. The summed E-state index contributed by atoms with van der Waals surface area (Å²) in [5.74, 6) is 1.49. The molecule has 1 aromatic carbocycles. The molecule has 0 radical (unpaired) electrons. The minimum absolute atomic E-state index is 0.236. The Morgan fingerprint density at radius 1 is 1.30 bits per heavy atom.